The van der Waals surface area contributed by atoms with Gasteiger partial charge >= 0.3 is 0 Å². The standard InChI is InChI=1S/C21H23N7O.C10H13N/c1-27-20(15-3-2-8-23-19(15)22)26-17-6-5-16(25-21(17)27)14-4-7-18(24-13-14)28-9-11-29-12-10-28;11-10(7-4-8-10)9-5-2-1-3-6-9/h2-8,13,20,26H,9-12H2,1H3,(H2,22,23);1-3,5-6H,4,7-8,11H2. The lowest BCUT2D eigenvalue weighted by atomic mass is 9.73. The lowest BCUT2D eigenvalue weighted by Gasteiger charge is -2.38. The molecule has 3 aromatic heterocycles. The molecule has 5 heterocycles. The SMILES string of the molecule is CN1c2nc(-c3ccc(N4CCOCC4)nc3)ccc2NC1c1cccnc1N.NC1(c2ccccc2)CCC1. The van der Waals surface area contributed by atoms with Crippen molar-refractivity contribution in [1.29, 1.82) is 0 Å². The summed E-state index contributed by atoms with van der Waals surface area (Å²) in [4.78, 5) is 18.1. The van der Waals surface area contributed by atoms with Crippen molar-refractivity contribution >= 4 is 23.1 Å². The molecule has 5 N–H and O–H groups in total. The van der Waals surface area contributed by atoms with Gasteiger partial charge in [0, 0.05) is 49.2 Å². The smallest absolute Gasteiger partial charge is 0.154 e. The van der Waals surface area contributed by atoms with Gasteiger partial charge in [0.25, 0.3) is 0 Å². The van der Waals surface area contributed by atoms with Crippen LogP contribution in [0.1, 0.15) is 36.6 Å². The first kappa shape index (κ1) is 26.0. The number of anilines is 4. The Morgan fingerprint density at radius 3 is 2.42 bits per heavy atom. The summed E-state index contributed by atoms with van der Waals surface area (Å²) in [6.07, 6.45) is 7.08. The second kappa shape index (κ2) is 11.1. The Kier molecular flexibility index (Phi) is 7.23. The van der Waals surface area contributed by atoms with E-state index in [-0.39, 0.29) is 11.7 Å². The number of hydrogen-bond donors (Lipinski definition) is 3. The zero-order chi connectivity index (χ0) is 27.5. The second-order valence-corrected chi connectivity index (χ2v) is 10.6. The summed E-state index contributed by atoms with van der Waals surface area (Å²) < 4.78 is 5.41. The van der Waals surface area contributed by atoms with Crippen molar-refractivity contribution in [2.45, 2.75) is 31.0 Å². The van der Waals surface area contributed by atoms with Gasteiger partial charge in [-0.2, -0.15) is 0 Å². The summed E-state index contributed by atoms with van der Waals surface area (Å²) in [5.41, 5.74) is 17.3. The molecule has 9 nitrogen and oxygen atoms in total. The Hall–Kier alpha value is -4.21. The van der Waals surface area contributed by atoms with Crippen LogP contribution in [-0.4, -0.2) is 48.3 Å². The number of pyridine rings is 3. The highest BCUT2D eigenvalue weighted by Crippen LogP contribution is 2.41. The van der Waals surface area contributed by atoms with E-state index in [0.29, 0.717) is 5.82 Å². The molecule has 9 heteroatoms. The van der Waals surface area contributed by atoms with Gasteiger partial charge in [0.15, 0.2) is 5.82 Å². The molecule has 2 fully saturated rings. The molecule has 40 heavy (non-hydrogen) atoms. The van der Waals surface area contributed by atoms with Crippen LogP contribution in [0.3, 0.4) is 0 Å². The molecular formula is C31H36N8O. The van der Waals surface area contributed by atoms with Crippen molar-refractivity contribution in [3.05, 3.63) is 90.3 Å². The van der Waals surface area contributed by atoms with E-state index in [4.69, 9.17) is 21.2 Å². The molecule has 0 spiro atoms. The third kappa shape index (κ3) is 5.17. The minimum atomic E-state index is -0.0942. The molecule has 206 valence electrons. The molecule has 7 rings (SSSR count). The van der Waals surface area contributed by atoms with E-state index in [0.717, 1.165) is 73.3 Å². The number of hydrogen-bond acceptors (Lipinski definition) is 9. The summed E-state index contributed by atoms with van der Waals surface area (Å²) in [5, 5.41) is 3.48. The summed E-state index contributed by atoms with van der Waals surface area (Å²) >= 11 is 0. The lowest BCUT2D eigenvalue weighted by Crippen LogP contribution is -2.43. The lowest BCUT2D eigenvalue weighted by molar-refractivity contribution is 0.122. The number of nitrogens with one attached hydrogen (secondary N) is 1. The average molecular weight is 537 g/mol. The maximum Gasteiger partial charge on any atom is 0.154 e. The zero-order valence-electron chi connectivity index (χ0n) is 22.8. The third-order valence-corrected chi connectivity index (χ3v) is 8.03. The highest BCUT2D eigenvalue weighted by molar-refractivity contribution is 5.77. The van der Waals surface area contributed by atoms with Crippen LogP contribution in [0.2, 0.25) is 0 Å². The average Bonchev–Trinajstić information content (AvgIpc) is 3.32. The zero-order valence-corrected chi connectivity index (χ0v) is 22.8. The predicted molar refractivity (Wildman–Crippen MR) is 160 cm³/mol. The van der Waals surface area contributed by atoms with Crippen LogP contribution in [0, 0.1) is 0 Å². The van der Waals surface area contributed by atoms with E-state index in [9.17, 15) is 0 Å². The van der Waals surface area contributed by atoms with Crippen molar-refractivity contribution in [3.63, 3.8) is 0 Å². The molecule has 0 amide bonds. The molecule has 1 atom stereocenters. The van der Waals surface area contributed by atoms with Crippen LogP contribution in [0.4, 0.5) is 23.1 Å². The maximum absolute atomic E-state index is 6.12. The molecule has 0 radical (unpaired) electrons. The van der Waals surface area contributed by atoms with Crippen LogP contribution in [-0.2, 0) is 10.3 Å². The fraction of sp³-hybridized carbons (Fsp3) is 0.323. The number of rotatable bonds is 4. The van der Waals surface area contributed by atoms with Crippen LogP contribution in [0.15, 0.2) is 79.1 Å². The number of morpholine rings is 1. The molecule has 0 bridgehead atoms. The normalized spacial score (nSPS) is 19.1. The van der Waals surface area contributed by atoms with E-state index in [1.54, 1.807) is 6.20 Å². The van der Waals surface area contributed by atoms with Crippen molar-refractivity contribution < 1.29 is 4.74 Å². The van der Waals surface area contributed by atoms with E-state index >= 15 is 0 Å². The number of aromatic nitrogens is 3. The van der Waals surface area contributed by atoms with Crippen molar-refractivity contribution in [2.75, 3.05) is 54.2 Å². The molecule has 1 unspecified atom stereocenters. The van der Waals surface area contributed by atoms with Gasteiger partial charge in [-0.3, -0.25) is 0 Å². The molecule has 1 aliphatic carbocycles. The molecule has 2 aliphatic heterocycles. The van der Waals surface area contributed by atoms with E-state index in [2.05, 4.69) is 67.5 Å². The fourth-order valence-electron chi connectivity index (χ4n) is 5.44. The Morgan fingerprint density at radius 1 is 0.950 bits per heavy atom. The number of benzene rings is 1. The Balaban J connectivity index is 0.000000219. The molecule has 3 aliphatic rings. The highest BCUT2D eigenvalue weighted by atomic mass is 16.5. The van der Waals surface area contributed by atoms with Crippen LogP contribution < -0.4 is 26.6 Å². The van der Waals surface area contributed by atoms with Gasteiger partial charge in [-0.15, -0.1) is 0 Å². The topological polar surface area (TPSA) is 118 Å². The molecule has 1 aromatic carbocycles. The maximum atomic E-state index is 6.12. The number of nitrogens with two attached hydrogens (primary N) is 2. The quantitative estimate of drug-likeness (QED) is 0.345. The van der Waals surface area contributed by atoms with E-state index in [1.165, 1.54) is 12.0 Å². The largest absolute Gasteiger partial charge is 0.383 e. The molecule has 1 saturated carbocycles. The summed E-state index contributed by atoms with van der Waals surface area (Å²) in [5.74, 6) is 2.38. The first-order chi connectivity index (χ1) is 19.5. The van der Waals surface area contributed by atoms with Crippen molar-refractivity contribution in [1.82, 2.24) is 15.0 Å². The first-order valence-electron chi connectivity index (χ1n) is 13.9. The summed E-state index contributed by atoms with van der Waals surface area (Å²) in [6.45, 7) is 3.24. The van der Waals surface area contributed by atoms with Crippen molar-refractivity contribution in [2.24, 2.45) is 5.73 Å². The monoisotopic (exact) mass is 536 g/mol. The Bertz CT molecular complexity index is 1440. The van der Waals surface area contributed by atoms with Gasteiger partial charge < -0.3 is 31.3 Å². The van der Waals surface area contributed by atoms with Gasteiger partial charge in [0.1, 0.15) is 17.8 Å². The minimum absolute atomic E-state index is 0.0151. The van der Waals surface area contributed by atoms with Gasteiger partial charge in [-0.05, 0) is 61.2 Å². The summed E-state index contributed by atoms with van der Waals surface area (Å²) in [6, 6.07) is 22.5. The van der Waals surface area contributed by atoms with Gasteiger partial charge in [0.2, 0.25) is 0 Å². The molecular weight excluding hydrogens is 500 g/mol. The first-order valence-corrected chi connectivity index (χ1v) is 13.9. The van der Waals surface area contributed by atoms with Crippen LogP contribution in [0.25, 0.3) is 11.3 Å². The van der Waals surface area contributed by atoms with E-state index < -0.39 is 0 Å². The highest BCUT2D eigenvalue weighted by Gasteiger charge is 2.34. The predicted octanol–water partition coefficient (Wildman–Crippen LogP) is 4.54. The minimum Gasteiger partial charge on any atom is -0.383 e. The Morgan fingerprint density at radius 2 is 1.75 bits per heavy atom. The van der Waals surface area contributed by atoms with Crippen LogP contribution >= 0.6 is 0 Å². The fourth-order valence-corrected chi connectivity index (χ4v) is 5.44. The molecule has 4 aromatic rings. The number of ether oxygens (including phenoxy) is 1. The van der Waals surface area contributed by atoms with Crippen molar-refractivity contribution in [3.8, 4) is 11.3 Å². The van der Waals surface area contributed by atoms with Gasteiger partial charge in [-0.25, -0.2) is 15.0 Å². The second-order valence-electron chi connectivity index (χ2n) is 10.6. The number of fused-ring (bicyclic) bond motifs is 1. The van der Waals surface area contributed by atoms with Crippen LogP contribution in [0.5, 0.6) is 0 Å². The van der Waals surface area contributed by atoms with Gasteiger partial charge in [0.05, 0.1) is 24.6 Å². The Labute approximate surface area is 235 Å². The molecule has 1 saturated heterocycles. The number of nitrogens with zero attached hydrogens (tertiary/aromatic N) is 5. The number of nitrogen functional groups attached to an aromatic ring is 1. The summed E-state index contributed by atoms with van der Waals surface area (Å²) in [7, 11) is 2.01. The van der Waals surface area contributed by atoms with E-state index in [1.807, 2.05) is 37.5 Å². The van der Waals surface area contributed by atoms with Gasteiger partial charge in [-0.1, -0.05) is 30.3 Å². The third-order valence-electron chi connectivity index (χ3n) is 8.03.